The lowest BCUT2D eigenvalue weighted by molar-refractivity contribution is -0.120. The summed E-state index contributed by atoms with van der Waals surface area (Å²) in [6.07, 6.45) is 0.176. The Morgan fingerprint density at radius 2 is 1.80 bits per heavy atom. The first kappa shape index (κ1) is 16.2. The molecule has 0 unspecified atom stereocenters. The van der Waals surface area contributed by atoms with Crippen molar-refractivity contribution in [3.8, 4) is 0 Å². The van der Waals surface area contributed by atoms with Gasteiger partial charge in [0.15, 0.2) is 0 Å². The normalized spacial score (nSPS) is 10.4. The lowest BCUT2D eigenvalue weighted by Crippen LogP contribution is -2.36. The minimum atomic E-state index is -0.257. The van der Waals surface area contributed by atoms with E-state index in [0.29, 0.717) is 18.7 Å². The number of nitrogens with one attached hydrogen (secondary N) is 2. The van der Waals surface area contributed by atoms with Crippen LogP contribution in [0.3, 0.4) is 0 Å². The lowest BCUT2D eigenvalue weighted by Gasteiger charge is -2.08. The molecule has 0 aliphatic heterocycles. The summed E-state index contributed by atoms with van der Waals surface area (Å²) in [7, 11) is 0. The Hall–Kier alpha value is -1.88. The number of hydrogen-bond acceptors (Lipinski definition) is 3. The van der Waals surface area contributed by atoms with Gasteiger partial charge in [0.25, 0.3) is 5.91 Å². The fraction of sp³-hybridized carbons (Fsp3) is 0.467. The summed E-state index contributed by atoms with van der Waals surface area (Å²) in [4.78, 5) is 23.0. The van der Waals surface area contributed by atoms with Crippen LogP contribution in [0.25, 0.3) is 0 Å². The molecule has 0 bridgehead atoms. The number of carbonyl (C=O) groups excluding carboxylic acids is 2. The second-order valence-corrected chi connectivity index (χ2v) is 4.69. The molecule has 1 rings (SSSR count). The molecule has 0 aliphatic carbocycles. The molecule has 2 amide bonds. The molecule has 0 saturated heterocycles. The number of amides is 2. The SMILES string of the molecule is CCNC(=O)CNC(=O)c1ccc(COC(C)C)cc1. The van der Waals surface area contributed by atoms with E-state index in [0.717, 1.165) is 5.56 Å². The summed E-state index contributed by atoms with van der Waals surface area (Å²) in [6.45, 7) is 6.85. The second kappa shape index (κ2) is 8.32. The van der Waals surface area contributed by atoms with Gasteiger partial charge >= 0.3 is 0 Å². The fourth-order valence-corrected chi connectivity index (χ4v) is 1.54. The highest BCUT2D eigenvalue weighted by Crippen LogP contribution is 2.07. The highest BCUT2D eigenvalue weighted by molar-refractivity contribution is 5.96. The zero-order chi connectivity index (χ0) is 15.0. The maximum absolute atomic E-state index is 11.8. The van der Waals surface area contributed by atoms with Gasteiger partial charge in [0.05, 0.1) is 19.3 Å². The average molecular weight is 278 g/mol. The quantitative estimate of drug-likeness (QED) is 0.794. The van der Waals surface area contributed by atoms with Crippen LogP contribution in [0.1, 0.15) is 36.7 Å². The first-order valence-corrected chi connectivity index (χ1v) is 6.78. The highest BCUT2D eigenvalue weighted by Gasteiger charge is 2.07. The molecule has 1 aromatic rings. The van der Waals surface area contributed by atoms with E-state index >= 15 is 0 Å². The van der Waals surface area contributed by atoms with Crippen LogP contribution in [-0.4, -0.2) is 31.0 Å². The third-order valence-electron chi connectivity index (χ3n) is 2.58. The van der Waals surface area contributed by atoms with Crippen molar-refractivity contribution >= 4 is 11.8 Å². The summed E-state index contributed by atoms with van der Waals surface area (Å²) in [5.41, 5.74) is 1.54. The van der Waals surface area contributed by atoms with Gasteiger partial charge in [-0.25, -0.2) is 0 Å². The van der Waals surface area contributed by atoms with Crippen LogP contribution in [0, 0.1) is 0 Å². The largest absolute Gasteiger partial charge is 0.374 e. The minimum absolute atomic E-state index is 0.00904. The van der Waals surface area contributed by atoms with Gasteiger partial charge in [0, 0.05) is 12.1 Å². The molecular weight excluding hydrogens is 256 g/mol. The summed E-state index contributed by atoms with van der Waals surface area (Å²) in [5, 5.41) is 5.19. The summed E-state index contributed by atoms with van der Waals surface area (Å²) in [5.74, 6) is -0.449. The number of rotatable bonds is 7. The van der Waals surface area contributed by atoms with E-state index in [-0.39, 0.29) is 24.5 Å². The van der Waals surface area contributed by atoms with Crippen molar-refractivity contribution in [2.45, 2.75) is 33.5 Å². The van der Waals surface area contributed by atoms with Crippen molar-refractivity contribution in [2.24, 2.45) is 0 Å². The van der Waals surface area contributed by atoms with E-state index in [1.54, 1.807) is 12.1 Å². The summed E-state index contributed by atoms with van der Waals surface area (Å²) >= 11 is 0. The Morgan fingerprint density at radius 1 is 1.15 bits per heavy atom. The molecule has 2 N–H and O–H groups in total. The Labute approximate surface area is 119 Å². The number of ether oxygens (including phenoxy) is 1. The third-order valence-corrected chi connectivity index (χ3v) is 2.58. The molecule has 5 heteroatoms. The van der Waals surface area contributed by atoms with Crippen LogP contribution in [0.4, 0.5) is 0 Å². The predicted octanol–water partition coefficient (Wildman–Crippen LogP) is 1.48. The molecule has 0 fully saturated rings. The van der Waals surface area contributed by atoms with Gasteiger partial charge in [-0.1, -0.05) is 12.1 Å². The van der Waals surface area contributed by atoms with E-state index < -0.39 is 0 Å². The van der Waals surface area contributed by atoms with Gasteiger partial charge in [-0.05, 0) is 38.5 Å². The van der Waals surface area contributed by atoms with Crippen molar-refractivity contribution in [2.75, 3.05) is 13.1 Å². The van der Waals surface area contributed by atoms with E-state index in [1.165, 1.54) is 0 Å². The van der Waals surface area contributed by atoms with Crippen LogP contribution in [0.5, 0.6) is 0 Å². The zero-order valence-electron chi connectivity index (χ0n) is 12.2. The third kappa shape index (κ3) is 5.84. The lowest BCUT2D eigenvalue weighted by atomic mass is 10.1. The van der Waals surface area contributed by atoms with Crippen molar-refractivity contribution in [1.29, 1.82) is 0 Å². The monoisotopic (exact) mass is 278 g/mol. The molecular formula is C15H22N2O3. The van der Waals surface area contributed by atoms with Gasteiger partial charge < -0.3 is 15.4 Å². The number of hydrogen-bond donors (Lipinski definition) is 2. The van der Waals surface area contributed by atoms with Crippen LogP contribution < -0.4 is 10.6 Å². The minimum Gasteiger partial charge on any atom is -0.374 e. The van der Waals surface area contributed by atoms with Crippen molar-refractivity contribution in [3.63, 3.8) is 0 Å². The Bertz CT molecular complexity index is 441. The number of benzene rings is 1. The number of likely N-dealkylation sites (N-methyl/N-ethyl adjacent to an activating group) is 1. The second-order valence-electron chi connectivity index (χ2n) is 4.69. The summed E-state index contributed by atoms with van der Waals surface area (Å²) < 4.78 is 5.48. The Morgan fingerprint density at radius 3 is 2.35 bits per heavy atom. The fourth-order valence-electron chi connectivity index (χ4n) is 1.54. The number of carbonyl (C=O) groups is 2. The maximum Gasteiger partial charge on any atom is 0.251 e. The maximum atomic E-state index is 11.8. The molecule has 5 nitrogen and oxygen atoms in total. The Kier molecular flexibility index (Phi) is 6.73. The van der Waals surface area contributed by atoms with Gasteiger partial charge in [0.1, 0.15) is 0 Å². The first-order valence-electron chi connectivity index (χ1n) is 6.78. The van der Waals surface area contributed by atoms with Gasteiger partial charge in [0.2, 0.25) is 5.91 Å². The van der Waals surface area contributed by atoms with Gasteiger partial charge in [-0.3, -0.25) is 9.59 Å². The molecule has 0 aliphatic rings. The van der Waals surface area contributed by atoms with Crippen LogP contribution in [0.15, 0.2) is 24.3 Å². The zero-order valence-corrected chi connectivity index (χ0v) is 12.2. The first-order chi connectivity index (χ1) is 9.52. The molecule has 1 aromatic carbocycles. The highest BCUT2D eigenvalue weighted by atomic mass is 16.5. The van der Waals surface area contributed by atoms with Crippen LogP contribution in [0.2, 0.25) is 0 Å². The van der Waals surface area contributed by atoms with Crippen molar-refractivity contribution in [3.05, 3.63) is 35.4 Å². The molecule has 0 atom stereocenters. The van der Waals surface area contributed by atoms with Gasteiger partial charge in [-0.15, -0.1) is 0 Å². The molecule has 0 radical (unpaired) electrons. The Balaban J connectivity index is 2.47. The molecule has 20 heavy (non-hydrogen) atoms. The van der Waals surface area contributed by atoms with Gasteiger partial charge in [-0.2, -0.15) is 0 Å². The molecule has 0 heterocycles. The van der Waals surface area contributed by atoms with Crippen LogP contribution >= 0.6 is 0 Å². The topological polar surface area (TPSA) is 67.4 Å². The van der Waals surface area contributed by atoms with E-state index in [9.17, 15) is 9.59 Å². The molecule has 0 saturated carbocycles. The average Bonchev–Trinajstić information content (AvgIpc) is 2.43. The summed E-state index contributed by atoms with van der Waals surface area (Å²) in [6, 6.07) is 7.16. The van der Waals surface area contributed by atoms with Crippen molar-refractivity contribution in [1.82, 2.24) is 10.6 Å². The van der Waals surface area contributed by atoms with E-state index in [2.05, 4.69) is 10.6 Å². The smallest absolute Gasteiger partial charge is 0.251 e. The predicted molar refractivity (Wildman–Crippen MR) is 77.4 cm³/mol. The van der Waals surface area contributed by atoms with E-state index in [1.807, 2.05) is 32.9 Å². The van der Waals surface area contributed by atoms with E-state index in [4.69, 9.17) is 4.74 Å². The standard InChI is InChI=1S/C15H22N2O3/c1-4-16-14(18)9-17-15(19)13-7-5-12(6-8-13)10-20-11(2)3/h5-8,11H,4,9-10H2,1-3H3,(H,16,18)(H,17,19). The van der Waals surface area contributed by atoms with Crippen molar-refractivity contribution < 1.29 is 14.3 Å². The molecule has 0 spiro atoms. The van der Waals surface area contributed by atoms with Crippen LogP contribution in [-0.2, 0) is 16.1 Å². The molecule has 110 valence electrons. The molecule has 0 aromatic heterocycles.